The summed E-state index contributed by atoms with van der Waals surface area (Å²) in [4.78, 5) is 17.7. The summed E-state index contributed by atoms with van der Waals surface area (Å²) in [5.41, 5.74) is 4.25. The highest BCUT2D eigenvalue weighted by molar-refractivity contribution is 5.99. The molecule has 5 nitrogen and oxygen atoms in total. The lowest BCUT2D eigenvalue weighted by Gasteiger charge is -2.34. The van der Waals surface area contributed by atoms with Gasteiger partial charge in [-0.1, -0.05) is 44.9 Å². The van der Waals surface area contributed by atoms with E-state index in [1.165, 1.54) is 12.5 Å². The number of rotatable bonds is 4. The molecule has 6 heteroatoms. The molecule has 3 aromatic rings. The SMILES string of the molecule is Cc1nc2c(C(=O)NC3CCCC(C)C3C)cnn2c(C)c1Cc1ccccc1F. The van der Waals surface area contributed by atoms with Crippen LogP contribution in [0.3, 0.4) is 0 Å². The van der Waals surface area contributed by atoms with Crippen LogP contribution in [0.4, 0.5) is 4.39 Å². The molecule has 158 valence electrons. The van der Waals surface area contributed by atoms with Crippen molar-refractivity contribution in [3.63, 3.8) is 0 Å². The van der Waals surface area contributed by atoms with E-state index < -0.39 is 0 Å². The van der Waals surface area contributed by atoms with E-state index in [9.17, 15) is 9.18 Å². The first kappa shape index (κ1) is 20.5. The van der Waals surface area contributed by atoms with Gasteiger partial charge in [0, 0.05) is 23.9 Å². The molecule has 4 rings (SSSR count). The van der Waals surface area contributed by atoms with Crippen LogP contribution in [0.1, 0.15) is 66.0 Å². The Balaban J connectivity index is 1.64. The molecule has 0 saturated heterocycles. The van der Waals surface area contributed by atoms with E-state index in [1.54, 1.807) is 22.8 Å². The molecule has 1 aromatic carbocycles. The van der Waals surface area contributed by atoms with E-state index >= 15 is 0 Å². The summed E-state index contributed by atoms with van der Waals surface area (Å²) in [7, 11) is 0. The third kappa shape index (κ3) is 3.71. The molecule has 3 atom stereocenters. The fourth-order valence-electron chi connectivity index (χ4n) is 4.59. The Morgan fingerprint density at radius 2 is 2.00 bits per heavy atom. The van der Waals surface area contributed by atoms with Crippen LogP contribution in [0, 0.1) is 31.5 Å². The van der Waals surface area contributed by atoms with Gasteiger partial charge >= 0.3 is 0 Å². The lowest BCUT2D eigenvalue weighted by atomic mass is 9.78. The van der Waals surface area contributed by atoms with Gasteiger partial charge in [0.05, 0.1) is 6.20 Å². The number of benzene rings is 1. The number of carbonyl (C=O) groups is 1. The second kappa shape index (κ2) is 8.17. The van der Waals surface area contributed by atoms with Gasteiger partial charge in [0.25, 0.3) is 5.91 Å². The van der Waals surface area contributed by atoms with Gasteiger partial charge < -0.3 is 5.32 Å². The number of aryl methyl sites for hydroxylation is 2. The molecule has 1 fully saturated rings. The zero-order valence-corrected chi connectivity index (χ0v) is 18.1. The Bertz CT molecular complexity index is 1090. The predicted octanol–water partition coefficient (Wildman–Crippen LogP) is 4.63. The lowest BCUT2D eigenvalue weighted by molar-refractivity contribution is 0.0892. The van der Waals surface area contributed by atoms with Crippen LogP contribution >= 0.6 is 0 Å². The molecular weight excluding hydrogens is 379 g/mol. The zero-order chi connectivity index (χ0) is 21.4. The summed E-state index contributed by atoms with van der Waals surface area (Å²) in [5.74, 6) is 0.710. The molecule has 0 aliphatic heterocycles. The Kier molecular flexibility index (Phi) is 5.58. The van der Waals surface area contributed by atoms with Crippen molar-refractivity contribution in [3.05, 3.63) is 64.4 Å². The molecule has 1 amide bonds. The molecule has 3 unspecified atom stereocenters. The van der Waals surface area contributed by atoms with E-state index in [-0.39, 0.29) is 17.8 Å². The molecule has 2 heterocycles. The van der Waals surface area contributed by atoms with Crippen molar-refractivity contribution in [1.82, 2.24) is 19.9 Å². The zero-order valence-electron chi connectivity index (χ0n) is 18.1. The second-order valence-electron chi connectivity index (χ2n) is 8.67. The van der Waals surface area contributed by atoms with Crippen LogP contribution in [0.25, 0.3) is 5.65 Å². The largest absolute Gasteiger partial charge is 0.349 e. The molecule has 1 aliphatic carbocycles. The number of nitrogens with one attached hydrogen (secondary N) is 1. The smallest absolute Gasteiger partial charge is 0.256 e. The molecule has 0 radical (unpaired) electrons. The number of amides is 1. The van der Waals surface area contributed by atoms with Crippen molar-refractivity contribution in [3.8, 4) is 0 Å². The first-order valence-corrected chi connectivity index (χ1v) is 10.7. The van der Waals surface area contributed by atoms with Crippen molar-refractivity contribution < 1.29 is 9.18 Å². The van der Waals surface area contributed by atoms with Crippen LogP contribution in [0.2, 0.25) is 0 Å². The minimum atomic E-state index is -0.229. The van der Waals surface area contributed by atoms with Crippen molar-refractivity contribution in [2.45, 2.75) is 59.4 Å². The number of fused-ring (bicyclic) bond motifs is 1. The van der Waals surface area contributed by atoms with Crippen molar-refractivity contribution in [1.29, 1.82) is 0 Å². The monoisotopic (exact) mass is 408 g/mol. The van der Waals surface area contributed by atoms with E-state index in [4.69, 9.17) is 0 Å². The van der Waals surface area contributed by atoms with Crippen LogP contribution < -0.4 is 5.32 Å². The highest BCUT2D eigenvalue weighted by Crippen LogP contribution is 2.30. The normalized spacial score (nSPS) is 21.7. The maximum absolute atomic E-state index is 14.1. The van der Waals surface area contributed by atoms with E-state index in [1.807, 2.05) is 19.9 Å². The van der Waals surface area contributed by atoms with Gasteiger partial charge in [0.15, 0.2) is 5.65 Å². The van der Waals surface area contributed by atoms with Gasteiger partial charge in [-0.3, -0.25) is 4.79 Å². The second-order valence-corrected chi connectivity index (χ2v) is 8.67. The maximum atomic E-state index is 14.1. The number of aromatic nitrogens is 3. The first-order chi connectivity index (χ1) is 14.4. The van der Waals surface area contributed by atoms with Crippen LogP contribution in [-0.4, -0.2) is 26.5 Å². The van der Waals surface area contributed by atoms with Crippen molar-refractivity contribution in [2.24, 2.45) is 11.8 Å². The highest BCUT2D eigenvalue weighted by Gasteiger charge is 2.29. The van der Waals surface area contributed by atoms with E-state index in [2.05, 4.69) is 29.2 Å². The third-order valence-corrected chi connectivity index (χ3v) is 6.80. The van der Waals surface area contributed by atoms with E-state index in [0.29, 0.717) is 35.0 Å². The average Bonchev–Trinajstić information content (AvgIpc) is 3.14. The third-order valence-electron chi connectivity index (χ3n) is 6.80. The number of halogens is 1. The summed E-state index contributed by atoms with van der Waals surface area (Å²) in [5, 5.41) is 7.64. The van der Waals surface area contributed by atoms with Gasteiger partial charge in [-0.25, -0.2) is 13.9 Å². The minimum absolute atomic E-state index is 0.121. The molecular formula is C24H29FN4O. The fraction of sp³-hybridized carbons (Fsp3) is 0.458. The van der Waals surface area contributed by atoms with Gasteiger partial charge in [0.1, 0.15) is 11.4 Å². The minimum Gasteiger partial charge on any atom is -0.349 e. The maximum Gasteiger partial charge on any atom is 0.256 e. The van der Waals surface area contributed by atoms with Gasteiger partial charge in [-0.2, -0.15) is 5.10 Å². The molecule has 1 saturated carbocycles. The lowest BCUT2D eigenvalue weighted by Crippen LogP contribution is -2.43. The number of nitrogens with zero attached hydrogens (tertiary/aromatic N) is 3. The molecule has 1 N–H and O–H groups in total. The van der Waals surface area contributed by atoms with Crippen molar-refractivity contribution >= 4 is 11.6 Å². The Hall–Kier alpha value is -2.76. The van der Waals surface area contributed by atoms with Crippen molar-refractivity contribution in [2.75, 3.05) is 0 Å². The topological polar surface area (TPSA) is 59.3 Å². The number of hydrogen-bond acceptors (Lipinski definition) is 3. The molecule has 2 aromatic heterocycles. The highest BCUT2D eigenvalue weighted by atomic mass is 19.1. The number of hydrogen-bond donors (Lipinski definition) is 1. The van der Waals surface area contributed by atoms with Gasteiger partial charge in [-0.15, -0.1) is 0 Å². The number of carbonyl (C=O) groups excluding carboxylic acids is 1. The average molecular weight is 409 g/mol. The van der Waals surface area contributed by atoms with Crippen LogP contribution in [0.5, 0.6) is 0 Å². The molecule has 0 spiro atoms. The summed E-state index contributed by atoms with van der Waals surface area (Å²) in [6, 6.07) is 6.95. The summed E-state index contributed by atoms with van der Waals surface area (Å²) >= 11 is 0. The molecule has 1 aliphatic rings. The summed E-state index contributed by atoms with van der Waals surface area (Å²) in [6.45, 7) is 8.32. The first-order valence-electron chi connectivity index (χ1n) is 10.7. The van der Waals surface area contributed by atoms with Gasteiger partial charge in [-0.05, 0) is 49.3 Å². The Morgan fingerprint density at radius 1 is 1.23 bits per heavy atom. The molecule has 0 bridgehead atoms. The van der Waals surface area contributed by atoms with E-state index in [0.717, 1.165) is 29.8 Å². The fourth-order valence-corrected chi connectivity index (χ4v) is 4.59. The Morgan fingerprint density at radius 3 is 2.77 bits per heavy atom. The predicted molar refractivity (Wildman–Crippen MR) is 115 cm³/mol. The summed E-state index contributed by atoms with van der Waals surface area (Å²) < 4.78 is 15.8. The standard InChI is InChI=1S/C24H29FN4O/c1-14-8-7-11-22(15(14)2)28-24(30)20-13-26-29-17(4)19(16(3)27-23(20)29)12-18-9-5-6-10-21(18)25/h5-6,9-10,13-15,22H,7-8,11-12H2,1-4H3,(H,28,30). The molecule has 30 heavy (non-hydrogen) atoms. The summed E-state index contributed by atoms with van der Waals surface area (Å²) in [6.07, 6.45) is 5.39. The quantitative estimate of drug-likeness (QED) is 0.685. The Labute approximate surface area is 176 Å². The van der Waals surface area contributed by atoms with Crippen LogP contribution in [0.15, 0.2) is 30.5 Å². The van der Waals surface area contributed by atoms with Gasteiger partial charge in [0.2, 0.25) is 0 Å². The van der Waals surface area contributed by atoms with Crippen LogP contribution in [-0.2, 0) is 6.42 Å².